The Morgan fingerprint density at radius 2 is 1.40 bits per heavy atom. The molecule has 0 amide bonds. The van der Waals surface area contributed by atoms with Crippen molar-refractivity contribution in [2.75, 3.05) is 0 Å². The predicted molar refractivity (Wildman–Crippen MR) is 26.6 cm³/mol. The molecule has 0 saturated carbocycles. The molecule has 0 unspecified atom stereocenters. The van der Waals surface area contributed by atoms with E-state index in [4.69, 9.17) is 0 Å². The van der Waals surface area contributed by atoms with Crippen molar-refractivity contribution in [2.45, 2.75) is 24.2 Å². The van der Waals surface area contributed by atoms with E-state index >= 15 is 0 Å². The molecule has 3 radical (unpaired) electrons. The van der Waals surface area contributed by atoms with Gasteiger partial charge in [-0.2, -0.15) is 0 Å². The van der Waals surface area contributed by atoms with Gasteiger partial charge in [0, 0.05) is 0 Å². The van der Waals surface area contributed by atoms with Crippen molar-refractivity contribution in [3.8, 4) is 0 Å². The molecule has 0 aliphatic rings. The van der Waals surface area contributed by atoms with Crippen molar-refractivity contribution in [1.82, 2.24) is 0 Å². The first-order valence-electron chi connectivity index (χ1n) is 1.75. The van der Waals surface area contributed by atoms with E-state index in [-0.39, 0.29) is 1.43 Å². The van der Waals surface area contributed by atoms with Crippen molar-refractivity contribution >= 4 is 22.5 Å². The van der Waals surface area contributed by atoms with Crippen LogP contribution in [0, 0.1) is 0 Å². The maximum atomic E-state index is 2.23. The van der Waals surface area contributed by atoms with Crippen LogP contribution in [0.25, 0.3) is 0 Å². The first kappa shape index (κ1) is 5.80. The SMILES string of the molecule is C[C](C)(C)[Sn].[H-]. The van der Waals surface area contributed by atoms with Crippen LogP contribution >= 0.6 is 0 Å². The van der Waals surface area contributed by atoms with Gasteiger partial charge in [0.15, 0.2) is 0 Å². The maximum Gasteiger partial charge on any atom is -1.00 e. The van der Waals surface area contributed by atoms with Crippen molar-refractivity contribution in [3.63, 3.8) is 0 Å². The standard InChI is InChI=1S/C4H9.Sn.H/c1-4(2)3;;/h1-3H3;;/q;;-1. The first-order valence-corrected chi connectivity index (χ1v) is 3.18. The third-order valence-electron chi connectivity index (χ3n) is 0. The monoisotopic (exact) mass is 178 g/mol. The second-order valence-electron chi connectivity index (χ2n) is 2.25. The molecule has 0 saturated heterocycles. The Bertz CT molecular complexity index is 23.0. The van der Waals surface area contributed by atoms with Gasteiger partial charge >= 0.3 is 46.7 Å². The third-order valence-corrected chi connectivity index (χ3v) is 0. The summed E-state index contributed by atoms with van der Waals surface area (Å²) in [6.07, 6.45) is 0. The molecule has 0 rings (SSSR count). The average molecular weight is 177 g/mol. The van der Waals surface area contributed by atoms with Gasteiger partial charge in [-0.05, 0) is 0 Å². The summed E-state index contributed by atoms with van der Waals surface area (Å²) < 4.78 is 0.590. The fourth-order valence-electron chi connectivity index (χ4n) is 0. The minimum atomic E-state index is 0. The summed E-state index contributed by atoms with van der Waals surface area (Å²) in [5.74, 6) is 0. The first-order chi connectivity index (χ1) is 2.00. The summed E-state index contributed by atoms with van der Waals surface area (Å²) in [6.45, 7) is 6.68. The Balaban J connectivity index is 0. The van der Waals surface area contributed by atoms with E-state index in [2.05, 4.69) is 20.8 Å². The number of hydrogen-bond acceptors (Lipinski definition) is 0. The minimum Gasteiger partial charge on any atom is -1.00 e. The molecule has 0 aromatic rings. The van der Waals surface area contributed by atoms with Gasteiger partial charge in [-0.15, -0.1) is 0 Å². The van der Waals surface area contributed by atoms with Gasteiger partial charge in [0.25, 0.3) is 0 Å². The topological polar surface area (TPSA) is 0 Å². The summed E-state index contributed by atoms with van der Waals surface area (Å²) in [6, 6.07) is 0. The van der Waals surface area contributed by atoms with Gasteiger partial charge in [-0.25, -0.2) is 0 Å². The summed E-state index contributed by atoms with van der Waals surface area (Å²) >= 11 is 1.62. The van der Waals surface area contributed by atoms with Crippen molar-refractivity contribution in [1.29, 1.82) is 0 Å². The average Bonchev–Trinajstić information content (AvgIpc) is 0.722. The van der Waals surface area contributed by atoms with E-state index in [0.29, 0.717) is 3.43 Å². The van der Waals surface area contributed by atoms with Gasteiger partial charge in [-0.3, -0.25) is 0 Å². The number of hydrogen-bond donors (Lipinski definition) is 0. The zero-order valence-corrected chi connectivity index (χ0v) is 6.85. The second-order valence-corrected chi connectivity index (χ2v) is 6.53. The van der Waals surface area contributed by atoms with Gasteiger partial charge in [0.05, 0.1) is 0 Å². The molecule has 0 fully saturated rings. The fourth-order valence-corrected chi connectivity index (χ4v) is 0. The van der Waals surface area contributed by atoms with E-state index in [1.165, 1.54) is 0 Å². The van der Waals surface area contributed by atoms with Crippen LogP contribution < -0.4 is 0 Å². The van der Waals surface area contributed by atoms with Gasteiger partial charge in [0.2, 0.25) is 0 Å². The van der Waals surface area contributed by atoms with Crippen molar-refractivity contribution in [2.24, 2.45) is 0 Å². The molecule has 0 aromatic heterocycles. The molecule has 31 valence electrons. The Kier molecular flexibility index (Phi) is 1.74. The van der Waals surface area contributed by atoms with Gasteiger partial charge in [0.1, 0.15) is 0 Å². The van der Waals surface area contributed by atoms with E-state index in [0.717, 1.165) is 0 Å². The molecule has 0 spiro atoms. The van der Waals surface area contributed by atoms with Crippen LogP contribution in [0.5, 0.6) is 0 Å². The van der Waals surface area contributed by atoms with Crippen molar-refractivity contribution in [3.05, 3.63) is 0 Å². The molecule has 0 heterocycles. The summed E-state index contributed by atoms with van der Waals surface area (Å²) in [7, 11) is 0. The van der Waals surface area contributed by atoms with E-state index < -0.39 is 0 Å². The molecular formula is C4H10Sn-. The van der Waals surface area contributed by atoms with Crippen molar-refractivity contribution < 1.29 is 1.43 Å². The van der Waals surface area contributed by atoms with Crippen LogP contribution in [0.3, 0.4) is 0 Å². The Labute approximate surface area is 48.5 Å². The molecule has 0 aromatic carbocycles. The zero-order chi connectivity index (χ0) is 4.50. The van der Waals surface area contributed by atoms with Crippen LogP contribution in [-0.4, -0.2) is 22.5 Å². The predicted octanol–water partition coefficient (Wildman–Crippen LogP) is 1.49. The summed E-state index contributed by atoms with van der Waals surface area (Å²) in [4.78, 5) is 0. The smallest absolute Gasteiger partial charge is 1.00 e. The fraction of sp³-hybridized carbons (Fsp3) is 1.00. The Morgan fingerprint density at radius 3 is 1.40 bits per heavy atom. The molecule has 5 heavy (non-hydrogen) atoms. The molecule has 0 nitrogen and oxygen atoms in total. The molecule has 0 aliphatic carbocycles. The zero-order valence-electron chi connectivity index (χ0n) is 5.00. The van der Waals surface area contributed by atoms with Gasteiger partial charge < -0.3 is 1.43 Å². The molecule has 1 heteroatoms. The van der Waals surface area contributed by atoms with Crippen LogP contribution in [0.2, 0.25) is 3.43 Å². The van der Waals surface area contributed by atoms with Crippen LogP contribution in [0.4, 0.5) is 0 Å². The van der Waals surface area contributed by atoms with Crippen LogP contribution in [0.1, 0.15) is 22.2 Å². The van der Waals surface area contributed by atoms with Crippen LogP contribution in [0.15, 0.2) is 0 Å². The summed E-state index contributed by atoms with van der Waals surface area (Å²) in [5.41, 5.74) is 0. The van der Waals surface area contributed by atoms with Gasteiger partial charge in [-0.1, -0.05) is 0 Å². The largest absolute Gasteiger partial charge is 1.00 e. The van der Waals surface area contributed by atoms with E-state index in [1.54, 1.807) is 22.5 Å². The van der Waals surface area contributed by atoms with Crippen LogP contribution in [-0.2, 0) is 0 Å². The molecule has 0 N–H and O–H groups in total. The van der Waals surface area contributed by atoms with E-state index in [1.807, 2.05) is 0 Å². The van der Waals surface area contributed by atoms with E-state index in [9.17, 15) is 0 Å². The Hall–Kier alpha value is 0.799. The quantitative estimate of drug-likeness (QED) is 0.491. The molecule has 0 bridgehead atoms. The second kappa shape index (κ2) is 1.50. The minimum absolute atomic E-state index is 0. The Morgan fingerprint density at radius 1 is 1.40 bits per heavy atom. The molecular weight excluding hydrogens is 167 g/mol. The number of rotatable bonds is 0. The normalized spacial score (nSPS) is 12.0. The summed E-state index contributed by atoms with van der Waals surface area (Å²) in [5, 5.41) is 0. The third kappa shape index (κ3) is 58.9. The molecule has 0 atom stereocenters. The molecule has 0 aliphatic heterocycles. The maximum absolute atomic E-state index is 2.23.